The van der Waals surface area contributed by atoms with E-state index in [1.165, 1.54) is 18.5 Å². The number of amides is 1. The molecule has 0 bridgehead atoms. The minimum Gasteiger partial charge on any atom is -0.468 e. The second-order valence-corrected chi connectivity index (χ2v) is 5.39. The lowest BCUT2D eigenvalue weighted by molar-refractivity contribution is 0.0949. The molecule has 0 atom stereocenters. The van der Waals surface area contributed by atoms with E-state index in [4.69, 9.17) is 10.3 Å². The summed E-state index contributed by atoms with van der Waals surface area (Å²) < 4.78 is 31.2. The van der Waals surface area contributed by atoms with E-state index in [0.29, 0.717) is 5.76 Å². The molecule has 102 valence electrons. The van der Waals surface area contributed by atoms with Crippen molar-refractivity contribution in [3.8, 4) is 0 Å². The molecular formula is C10H12N4O4S. The molecule has 19 heavy (non-hydrogen) atoms. The molecule has 5 N–H and O–H groups in total. The molecule has 1 amide bonds. The molecule has 2 aromatic heterocycles. The molecule has 2 heterocycles. The first-order chi connectivity index (χ1) is 9.03. The Hall–Kier alpha value is -2.10. The molecule has 0 aromatic carbocycles. The van der Waals surface area contributed by atoms with Gasteiger partial charge in [-0.1, -0.05) is 0 Å². The Labute approximate surface area is 109 Å². The van der Waals surface area contributed by atoms with E-state index in [-0.39, 0.29) is 17.1 Å². The van der Waals surface area contributed by atoms with Gasteiger partial charge in [-0.05, 0) is 18.2 Å². The van der Waals surface area contributed by atoms with Crippen LogP contribution in [-0.2, 0) is 16.6 Å². The highest BCUT2D eigenvalue weighted by atomic mass is 32.2. The molecule has 9 heteroatoms. The van der Waals surface area contributed by atoms with Crippen molar-refractivity contribution >= 4 is 15.9 Å². The largest absolute Gasteiger partial charge is 0.468 e. The van der Waals surface area contributed by atoms with Crippen LogP contribution in [0.3, 0.4) is 0 Å². The van der Waals surface area contributed by atoms with Crippen LogP contribution >= 0.6 is 0 Å². The summed E-state index contributed by atoms with van der Waals surface area (Å²) in [5.74, 6) is 4.83. The van der Waals surface area contributed by atoms with Crippen LogP contribution in [0, 0.1) is 0 Å². The number of hydrazine groups is 1. The molecule has 8 nitrogen and oxygen atoms in total. The van der Waals surface area contributed by atoms with Crippen LogP contribution in [0.2, 0.25) is 0 Å². The molecule has 0 unspecified atom stereocenters. The third kappa shape index (κ3) is 3.02. The fraction of sp³-hybridized carbons (Fsp3) is 0.100. The van der Waals surface area contributed by atoms with Crippen molar-refractivity contribution < 1.29 is 17.6 Å². The van der Waals surface area contributed by atoms with Crippen molar-refractivity contribution in [1.29, 1.82) is 0 Å². The lowest BCUT2D eigenvalue weighted by Gasteiger charge is -2.02. The molecule has 2 rings (SSSR count). The molecule has 0 aliphatic carbocycles. The Kier molecular flexibility index (Phi) is 3.69. The fourth-order valence-corrected chi connectivity index (χ4v) is 2.39. The Morgan fingerprint density at radius 3 is 2.89 bits per heavy atom. The number of rotatable bonds is 5. The van der Waals surface area contributed by atoms with Crippen LogP contribution in [0.15, 0.2) is 40.0 Å². The van der Waals surface area contributed by atoms with E-state index in [1.807, 2.05) is 5.43 Å². The zero-order valence-electron chi connectivity index (χ0n) is 9.71. The van der Waals surface area contributed by atoms with Crippen molar-refractivity contribution in [3.63, 3.8) is 0 Å². The van der Waals surface area contributed by atoms with Gasteiger partial charge < -0.3 is 9.40 Å². The second kappa shape index (κ2) is 5.26. The number of hydrogen-bond acceptors (Lipinski definition) is 5. The van der Waals surface area contributed by atoms with Gasteiger partial charge in [-0.2, -0.15) is 0 Å². The number of hydrogen-bond donors (Lipinski definition) is 4. The van der Waals surface area contributed by atoms with Crippen LogP contribution < -0.4 is 16.0 Å². The summed E-state index contributed by atoms with van der Waals surface area (Å²) in [7, 11) is -3.72. The van der Waals surface area contributed by atoms with Gasteiger partial charge >= 0.3 is 0 Å². The third-order valence-corrected chi connectivity index (χ3v) is 3.74. The van der Waals surface area contributed by atoms with Crippen LogP contribution in [0.4, 0.5) is 0 Å². The first-order valence-electron chi connectivity index (χ1n) is 5.24. The van der Waals surface area contributed by atoms with Crippen LogP contribution in [-0.4, -0.2) is 19.3 Å². The number of carbonyl (C=O) groups is 1. The predicted molar refractivity (Wildman–Crippen MR) is 65.2 cm³/mol. The Bertz CT molecular complexity index is 660. The SMILES string of the molecule is NNC(=O)c1cc(S(=O)(=O)NCc2ccco2)c[nH]1. The van der Waals surface area contributed by atoms with Crippen LogP contribution in [0.1, 0.15) is 16.2 Å². The third-order valence-electron chi connectivity index (χ3n) is 2.36. The number of carbonyl (C=O) groups excluding carboxylic acids is 1. The Morgan fingerprint density at radius 1 is 1.47 bits per heavy atom. The quantitative estimate of drug-likeness (QED) is 0.340. The maximum Gasteiger partial charge on any atom is 0.281 e. The molecular weight excluding hydrogens is 272 g/mol. The molecule has 0 aliphatic heterocycles. The highest BCUT2D eigenvalue weighted by molar-refractivity contribution is 7.89. The number of nitrogens with two attached hydrogens (primary N) is 1. The van der Waals surface area contributed by atoms with Crippen molar-refractivity contribution in [2.75, 3.05) is 0 Å². The maximum absolute atomic E-state index is 11.9. The van der Waals surface area contributed by atoms with Gasteiger partial charge in [0.05, 0.1) is 12.8 Å². The Morgan fingerprint density at radius 2 is 2.26 bits per heavy atom. The standard InChI is InChI=1S/C10H12N4O4S/c11-14-10(15)9-4-8(6-12-9)19(16,17)13-5-7-2-1-3-18-7/h1-4,6,12-13H,5,11H2,(H,14,15). The number of aromatic nitrogens is 1. The predicted octanol–water partition coefficient (Wildman–Crippen LogP) is -0.310. The number of nitrogens with one attached hydrogen (secondary N) is 3. The number of sulfonamides is 1. The summed E-state index contributed by atoms with van der Waals surface area (Å²) in [6.45, 7) is 0.0267. The number of nitrogen functional groups attached to an aromatic ring is 1. The van der Waals surface area contributed by atoms with Crippen LogP contribution in [0.25, 0.3) is 0 Å². The average Bonchev–Trinajstić information content (AvgIpc) is 3.06. The highest BCUT2D eigenvalue weighted by Crippen LogP contribution is 2.11. The molecule has 0 saturated heterocycles. The van der Waals surface area contributed by atoms with Gasteiger partial charge in [-0.3, -0.25) is 10.2 Å². The highest BCUT2D eigenvalue weighted by Gasteiger charge is 2.18. The summed E-state index contributed by atoms with van der Waals surface area (Å²) >= 11 is 0. The molecule has 0 spiro atoms. The summed E-state index contributed by atoms with van der Waals surface area (Å²) in [5, 5.41) is 0. The van der Waals surface area contributed by atoms with E-state index in [1.54, 1.807) is 12.1 Å². The van der Waals surface area contributed by atoms with Gasteiger partial charge in [0.15, 0.2) is 0 Å². The number of furan rings is 1. The summed E-state index contributed by atoms with van der Waals surface area (Å²) in [4.78, 5) is 13.7. The van der Waals surface area contributed by atoms with Gasteiger partial charge in [0.2, 0.25) is 10.0 Å². The number of aromatic amines is 1. The van der Waals surface area contributed by atoms with E-state index < -0.39 is 15.9 Å². The van der Waals surface area contributed by atoms with Crippen molar-refractivity contribution in [2.24, 2.45) is 5.84 Å². The smallest absolute Gasteiger partial charge is 0.281 e. The Balaban J connectivity index is 2.11. The summed E-state index contributed by atoms with van der Waals surface area (Å²) in [5.41, 5.74) is 1.96. The lowest BCUT2D eigenvalue weighted by atomic mass is 10.4. The number of H-pyrrole nitrogens is 1. The molecule has 0 fully saturated rings. The fourth-order valence-electron chi connectivity index (χ4n) is 1.40. The normalized spacial score (nSPS) is 11.4. The van der Waals surface area contributed by atoms with Gasteiger partial charge in [0, 0.05) is 6.20 Å². The van der Waals surface area contributed by atoms with E-state index in [9.17, 15) is 13.2 Å². The minimum absolute atomic E-state index is 0.0267. The summed E-state index contributed by atoms with van der Waals surface area (Å²) in [6, 6.07) is 4.49. The monoisotopic (exact) mass is 284 g/mol. The molecule has 2 aromatic rings. The second-order valence-electron chi connectivity index (χ2n) is 3.63. The van der Waals surface area contributed by atoms with E-state index in [0.717, 1.165) is 0 Å². The summed E-state index contributed by atoms with van der Waals surface area (Å²) in [6.07, 6.45) is 2.65. The lowest BCUT2D eigenvalue weighted by Crippen LogP contribution is -2.30. The minimum atomic E-state index is -3.72. The van der Waals surface area contributed by atoms with Gasteiger partial charge in [0.25, 0.3) is 5.91 Å². The van der Waals surface area contributed by atoms with Gasteiger partial charge in [0.1, 0.15) is 16.3 Å². The molecule has 0 radical (unpaired) electrons. The van der Waals surface area contributed by atoms with Crippen LogP contribution in [0.5, 0.6) is 0 Å². The topological polar surface area (TPSA) is 130 Å². The van der Waals surface area contributed by atoms with Gasteiger partial charge in [-0.15, -0.1) is 0 Å². The molecule has 0 saturated carbocycles. The zero-order valence-corrected chi connectivity index (χ0v) is 10.5. The maximum atomic E-state index is 11.9. The van der Waals surface area contributed by atoms with Crippen molar-refractivity contribution in [3.05, 3.63) is 42.1 Å². The van der Waals surface area contributed by atoms with E-state index >= 15 is 0 Å². The van der Waals surface area contributed by atoms with E-state index in [2.05, 4.69) is 9.71 Å². The van der Waals surface area contributed by atoms with Gasteiger partial charge in [-0.25, -0.2) is 19.0 Å². The van der Waals surface area contributed by atoms with Crippen molar-refractivity contribution in [2.45, 2.75) is 11.4 Å². The first kappa shape index (κ1) is 13.3. The zero-order chi connectivity index (χ0) is 13.9. The average molecular weight is 284 g/mol. The first-order valence-corrected chi connectivity index (χ1v) is 6.72. The molecule has 0 aliphatic rings. The van der Waals surface area contributed by atoms with Crippen molar-refractivity contribution in [1.82, 2.24) is 15.1 Å².